The minimum Gasteiger partial charge on any atom is -0.474 e. The molecule has 0 fully saturated rings. The van der Waals surface area contributed by atoms with E-state index in [0.717, 1.165) is 5.52 Å². The van der Waals surface area contributed by atoms with Crippen molar-refractivity contribution in [1.82, 2.24) is 23.6 Å². The van der Waals surface area contributed by atoms with Crippen LogP contribution in [0.5, 0.6) is 11.6 Å². The molecule has 168 valence electrons. The van der Waals surface area contributed by atoms with E-state index in [1.54, 1.807) is 24.5 Å². The quantitative estimate of drug-likeness (QED) is 0.390. The van der Waals surface area contributed by atoms with Crippen LogP contribution in [0, 0.1) is 0 Å². The molecule has 0 aliphatic carbocycles. The van der Waals surface area contributed by atoms with Crippen molar-refractivity contribution in [1.29, 1.82) is 0 Å². The Morgan fingerprint density at radius 3 is 2.55 bits per heavy atom. The van der Waals surface area contributed by atoms with Gasteiger partial charge in [-0.1, -0.05) is 12.1 Å². The smallest absolute Gasteiger partial charge is 0.474 e. The van der Waals surface area contributed by atoms with Gasteiger partial charge in [-0.3, -0.25) is 0 Å². The van der Waals surface area contributed by atoms with Crippen LogP contribution >= 0.6 is 0 Å². The molecular formula is C22H16F3N5O3. The summed E-state index contributed by atoms with van der Waals surface area (Å²) >= 11 is 0. The minimum atomic E-state index is -4.75. The van der Waals surface area contributed by atoms with Crippen molar-refractivity contribution in [2.45, 2.75) is 12.9 Å². The second-order valence-electron chi connectivity index (χ2n) is 7.11. The first-order valence-electron chi connectivity index (χ1n) is 9.87. The first kappa shape index (κ1) is 20.6. The number of hydrogen-bond acceptors (Lipinski definition) is 5. The van der Waals surface area contributed by atoms with E-state index in [1.165, 1.54) is 33.3 Å². The van der Waals surface area contributed by atoms with E-state index < -0.39 is 6.36 Å². The summed E-state index contributed by atoms with van der Waals surface area (Å²) in [4.78, 5) is 17.0. The van der Waals surface area contributed by atoms with E-state index in [4.69, 9.17) is 4.74 Å². The van der Waals surface area contributed by atoms with Gasteiger partial charge in [-0.2, -0.15) is 0 Å². The highest BCUT2D eigenvalue weighted by atomic mass is 19.4. The third-order valence-electron chi connectivity index (χ3n) is 4.96. The van der Waals surface area contributed by atoms with Crippen molar-refractivity contribution in [3.05, 3.63) is 83.8 Å². The fourth-order valence-electron chi connectivity index (χ4n) is 3.47. The molecule has 0 spiro atoms. The Labute approximate surface area is 184 Å². The Hall–Kier alpha value is -4.28. The summed E-state index contributed by atoms with van der Waals surface area (Å²) in [5.74, 6) is 0.141. The standard InChI is InChI=1S/C22H16F3N5O3/c23-22(24,25)33-17-6-3-15(4-7-17)16-5-8-19-27-30(21(31)29(19)14-16)12-13-32-20-18-2-1-10-28(18)11-9-26-20/h1-11,14H,12-13H2. The summed E-state index contributed by atoms with van der Waals surface area (Å²) in [6.07, 6.45) is 2.15. The Balaban J connectivity index is 1.33. The molecule has 0 N–H and O–H groups in total. The molecule has 0 aliphatic rings. The molecule has 4 heterocycles. The van der Waals surface area contributed by atoms with E-state index in [-0.39, 0.29) is 24.6 Å². The maximum Gasteiger partial charge on any atom is 0.573 e. The molecule has 4 aromatic heterocycles. The number of halogens is 3. The zero-order chi connectivity index (χ0) is 23.0. The minimum absolute atomic E-state index is 0.190. The lowest BCUT2D eigenvalue weighted by Crippen LogP contribution is -2.24. The van der Waals surface area contributed by atoms with Crippen molar-refractivity contribution < 1.29 is 22.6 Å². The van der Waals surface area contributed by atoms with Gasteiger partial charge in [0.15, 0.2) is 5.65 Å². The molecule has 8 nitrogen and oxygen atoms in total. The average Bonchev–Trinajstić information content (AvgIpc) is 3.38. The lowest BCUT2D eigenvalue weighted by atomic mass is 10.1. The summed E-state index contributed by atoms with van der Waals surface area (Å²) < 4.78 is 51.2. The highest BCUT2D eigenvalue weighted by molar-refractivity contribution is 5.65. The maximum absolute atomic E-state index is 12.8. The van der Waals surface area contributed by atoms with Gasteiger partial charge in [0.05, 0.1) is 6.54 Å². The second-order valence-corrected chi connectivity index (χ2v) is 7.11. The van der Waals surface area contributed by atoms with Gasteiger partial charge in [0.25, 0.3) is 0 Å². The number of hydrogen-bond donors (Lipinski definition) is 0. The van der Waals surface area contributed by atoms with Gasteiger partial charge in [-0.15, -0.1) is 18.3 Å². The number of fused-ring (bicyclic) bond motifs is 2. The van der Waals surface area contributed by atoms with Gasteiger partial charge in [0.1, 0.15) is 17.9 Å². The lowest BCUT2D eigenvalue weighted by Gasteiger charge is -2.09. The molecule has 0 saturated carbocycles. The average molecular weight is 455 g/mol. The summed E-state index contributed by atoms with van der Waals surface area (Å²) in [5.41, 5.74) is 2.16. The number of ether oxygens (including phenoxy) is 2. The Kier molecular flexibility index (Phi) is 5.00. The zero-order valence-corrected chi connectivity index (χ0v) is 16.9. The molecule has 0 saturated heterocycles. The van der Waals surface area contributed by atoms with Crippen LogP contribution in [-0.4, -0.2) is 36.5 Å². The number of rotatable bonds is 6. The highest BCUT2D eigenvalue weighted by Crippen LogP contribution is 2.26. The van der Waals surface area contributed by atoms with Gasteiger partial charge < -0.3 is 13.9 Å². The third-order valence-corrected chi connectivity index (χ3v) is 4.96. The van der Waals surface area contributed by atoms with Crippen molar-refractivity contribution in [2.75, 3.05) is 6.61 Å². The van der Waals surface area contributed by atoms with Gasteiger partial charge in [-0.25, -0.2) is 18.9 Å². The first-order chi connectivity index (χ1) is 15.9. The molecule has 33 heavy (non-hydrogen) atoms. The van der Waals surface area contributed by atoms with Crippen molar-refractivity contribution in [3.63, 3.8) is 0 Å². The predicted molar refractivity (Wildman–Crippen MR) is 112 cm³/mol. The van der Waals surface area contributed by atoms with Crippen LogP contribution in [0.3, 0.4) is 0 Å². The number of pyridine rings is 1. The molecule has 5 rings (SSSR count). The van der Waals surface area contributed by atoms with Crippen LogP contribution in [0.1, 0.15) is 0 Å². The van der Waals surface area contributed by atoms with E-state index in [9.17, 15) is 18.0 Å². The third kappa shape index (κ3) is 4.25. The second kappa shape index (κ2) is 8.01. The summed E-state index contributed by atoms with van der Waals surface area (Å²) in [5, 5.41) is 4.30. The molecule has 11 heteroatoms. The van der Waals surface area contributed by atoms with Gasteiger partial charge in [0.2, 0.25) is 5.88 Å². The summed E-state index contributed by atoms with van der Waals surface area (Å²) in [6, 6.07) is 12.6. The Morgan fingerprint density at radius 1 is 0.970 bits per heavy atom. The normalized spacial score (nSPS) is 11.8. The number of nitrogens with zero attached hydrogens (tertiary/aromatic N) is 5. The Morgan fingerprint density at radius 2 is 1.76 bits per heavy atom. The molecule has 0 aliphatic heterocycles. The van der Waals surface area contributed by atoms with Gasteiger partial charge in [0, 0.05) is 24.8 Å². The highest BCUT2D eigenvalue weighted by Gasteiger charge is 2.31. The predicted octanol–water partition coefficient (Wildman–Crippen LogP) is 3.79. The first-order valence-corrected chi connectivity index (χ1v) is 9.87. The molecule has 0 bridgehead atoms. The van der Waals surface area contributed by atoms with E-state index >= 15 is 0 Å². The topological polar surface area (TPSA) is 75.1 Å². The van der Waals surface area contributed by atoms with Crippen LogP contribution in [0.25, 0.3) is 22.3 Å². The van der Waals surface area contributed by atoms with Crippen molar-refractivity contribution in [3.8, 4) is 22.8 Å². The van der Waals surface area contributed by atoms with E-state index in [2.05, 4.69) is 14.8 Å². The summed E-state index contributed by atoms with van der Waals surface area (Å²) in [6.45, 7) is 0.401. The van der Waals surface area contributed by atoms with Crippen LogP contribution in [0.15, 0.2) is 78.1 Å². The van der Waals surface area contributed by atoms with Crippen LogP contribution in [-0.2, 0) is 6.54 Å². The fourth-order valence-corrected chi connectivity index (χ4v) is 3.47. The van der Waals surface area contributed by atoms with E-state index in [1.807, 2.05) is 28.9 Å². The largest absolute Gasteiger partial charge is 0.573 e. The molecule has 0 unspecified atom stereocenters. The van der Waals surface area contributed by atoms with Crippen LogP contribution < -0.4 is 15.2 Å². The SMILES string of the molecule is O=c1n(CCOc2nccn3cccc23)nc2ccc(-c3ccc(OC(F)(F)F)cc3)cn12. The zero-order valence-electron chi connectivity index (χ0n) is 16.9. The molecule has 0 amide bonds. The molecule has 5 aromatic rings. The fraction of sp³-hybridized carbons (Fsp3) is 0.136. The van der Waals surface area contributed by atoms with Gasteiger partial charge in [-0.05, 0) is 47.5 Å². The maximum atomic E-state index is 12.8. The molecular weight excluding hydrogens is 439 g/mol. The van der Waals surface area contributed by atoms with Crippen LogP contribution in [0.2, 0.25) is 0 Å². The monoisotopic (exact) mass is 455 g/mol. The molecule has 1 aromatic carbocycles. The number of benzene rings is 1. The molecule has 0 atom stereocenters. The number of alkyl halides is 3. The molecule has 0 radical (unpaired) electrons. The van der Waals surface area contributed by atoms with Gasteiger partial charge >= 0.3 is 12.1 Å². The Bertz CT molecular complexity index is 1490. The van der Waals surface area contributed by atoms with Crippen molar-refractivity contribution in [2.24, 2.45) is 0 Å². The van der Waals surface area contributed by atoms with E-state index in [0.29, 0.717) is 22.7 Å². The number of aromatic nitrogens is 5. The van der Waals surface area contributed by atoms with Crippen LogP contribution in [0.4, 0.5) is 13.2 Å². The lowest BCUT2D eigenvalue weighted by molar-refractivity contribution is -0.274. The van der Waals surface area contributed by atoms with Crippen molar-refractivity contribution >= 4 is 11.2 Å². The summed E-state index contributed by atoms with van der Waals surface area (Å²) in [7, 11) is 0.